The van der Waals surface area contributed by atoms with Crippen molar-refractivity contribution in [1.29, 1.82) is 0 Å². The van der Waals surface area contributed by atoms with Crippen LogP contribution in [-0.4, -0.2) is 18.3 Å². The van der Waals surface area contributed by atoms with Crippen LogP contribution in [0.3, 0.4) is 0 Å². The van der Waals surface area contributed by atoms with E-state index in [0.29, 0.717) is 12.0 Å². The predicted molar refractivity (Wildman–Crippen MR) is 72.3 cm³/mol. The third kappa shape index (κ3) is 2.44. The molecular weight excluding hydrogens is 214 g/mol. The molecular formula is C14H21NS. The van der Waals surface area contributed by atoms with Crippen molar-refractivity contribution in [2.24, 2.45) is 0 Å². The van der Waals surface area contributed by atoms with Gasteiger partial charge in [-0.1, -0.05) is 32.0 Å². The van der Waals surface area contributed by atoms with Gasteiger partial charge in [0, 0.05) is 22.6 Å². The zero-order valence-corrected chi connectivity index (χ0v) is 11.0. The lowest BCUT2D eigenvalue weighted by atomic mass is 9.91. The van der Waals surface area contributed by atoms with Gasteiger partial charge >= 0.3 is 0 Å². The molecule has 0 fully saturated rings. The molecule has 2 rings (SSSR count). The molecule has 16 heavy (non-hydrogen) atoms. The molecule has 88 valence electrons. The smallest absolute Gasteiger partial charge is 0.0142 e. The monoisotopic (exact) mass is 235 g/mol. The number of nitrogens with one attached hydrogen (secondary N) is 1. The number of benzene rings is 1. The van der Waals surface area contributed by atoms with Crippen LogP contribution in [0.15, 0.2) is 29.2 Å². The molecule has 1 heterocycles. The molecule has 0 aliphatic carbocycles. The maximum Gasteiger partial charge on any atom is 0.0142 e. The molecule has 1 aromatic carbocycles. The SMILES string of the molecule is CCCNC(CC)C1CSc2ccccc21. The van der Waals surface area contributed by atoms with Crippen molar-refractivity contribution in [3.8, 4) is 0 Å². The Morgan fingerprint density at radius 2 is 2.19 bits per heavy atom. The molecule has 0 radical (unpaired) electrons. The Hall–Kier alpha value is -0.470. The Balaban J connectivity index is 2.10. The zero-order chi connectivity index (χ0) is 11.4. The molecule has 1 nitrogen and oxygen atoms in total. The molecule has 1 aliphatic heterocycles. The van der Waals surface area contributed by atoms with E-state index in [9.17, 15) is 0 Å². The molecule has 1 N–H and O–H groups in total. The highest BCUT2D eigenvalue weighted by Crippen LogP contribution is 2.41. The first-order valence-electron chi connectivity index (χ1n) is 6.32. The summed E-state index contributed by atoms with van der Waals surface area (Å²) in [6.45, 7) is 5.66. The normalized spacial score (nSPS) is 20.8. The van der Waals surface area contributed by atoms with Gasteiger partial charge in [0.15, 0.2) is 0 Å². The Kier molecular flexibility index (Phi) is 4.30. The summed E-state index contributed by atoms with van der Waals surface area (Å²) in [5, 5.41) is 3.69. The van der Waals surface area contributed by atoms with Crippen LogP contribution in [0.25, 0.3) is 0 Å². The molecule has 0 bridgehead atoms. The molecule has 0 amide bonds. The summed E-state index contributed by atoms with van der Waals surface area (Å²) < 4.78 is 0. The second-order valence-corrected chi connectivity index (χ2v) is 5.49. The fraction of sp³-hybridized carbons (Fsp3) is 0.571. The standard InChI is InChI=1S/C14H21NS/c1-3-9-15-13(4-2)12-10-16-14-8-6-5-7-11(12)14/h5-8,12-13,15H,3-4,9-10H2,1-2H3. The number of hydrogen-bond acceptors (Lipinski definition) is 2. The van der Waals surface area contributed by atoms with Crippen LogP contribution in [-0.2, 0) is 0 Å². The van der Waals surface area contributed by atoms with Crippen molar-refractivity contribution >= 4 is 11.8 Å². The maximum absolute atomic E-state index is 3.69. The van der Waals surface area contributed by atoms with E-state index in [4.69, 9.17) is 0 Å². The van der Waals surface area contributed by atoms with Crippen molar-refractivity contribution in [2.75, 3.05) is 12.3 Å². The van der Waals surface area contributed by atoms with Crippen molar-refractivity contribution in [3.05, 3.63) is 29.8 Å². The van der Waals surface area contributed by atoms with Crippen molar-refractivity contribution in [2.45, 2.75) is 43.5 Å². The first-order chi connectivity index (χ1) is 7.86. The van der Waals surface area contributed by atoms with Crippen LogP contribution < -0.4 is 5.32 Å². The third-order valence-corrected chi connectivity index (χ3v) is 4.53. The molecule has 0 saturated carbocycles. The fourth-order valence-corrected chi connectivity index (χ4v) is 3.75. The lowest BCUT2D eigenvalue weighted by Crippen LogP contribution is -2.35. The average Bonchev–Trinajstić information content (AvgIpc) is 2.75. The van der Waals surface area contributed by atoms with Crippen LogP contribution in [0.5, 0.6) is 0 Å². The Morgan fingerprint density at radius 1 is 1.38 bits per heavy atom. The second kappa shape index (κ2) is 5.74. The summed E-state index contributed by atoms with van der Waals surface area (Å²) in [5.74, 6) is 1.95. The third-order valence-electron chi connectivity index (χ3n) is 3.32. The minimum absolute atomic E-state index is 0.649. The Bertz CT molecular complexity index is 337. The van der Waals surface area contributed by atoms with Gasteiger partial charge in [0.25, 0.3) is 0 Å². The number of thioether (sulfide) groups is 1. The summed E-state index contributed by atoms with van der Waals surface area (Å²) in [6, 6.07) is 9.53. The van der Waals surface area contributed by atoms with Crippen LogP contribution >= 0.6 is 11.8 Å². The lowest BCUT2D eigenvalue weighted by molar-refractivity contribution is 0.443. The first-order valence-corrected chi connectivity index (χ1v) is 7.30. The minimum Gasteiger partial charge on any atom is -0.313 e. The number of fused-ring (bicyclic) bond motifs is 1. The minimum atomic E-state index is 0.649. The zero-order valence-electron chi connectivity index (χ0n) is 10.2. The molecule has 0 saturated heterocycles. The van der Waals surface area contributed by atoms with Gasteiger partial charge in [0.1, 0.15) is 0 Å². The van der Waals surface area contributed by atoms with E-state index >= 15 is 0 Å². The van der Waals surface area contributed by atoms with E-state index in [1.807, 2.05) is 11.8 Å². The largest absolute Gasteiger partial charge is 0.313 e. The summed E-state index contributed by atoms with van der Waals surface area (Å²) >= 11 is 2.01. The first kappa shape index (κ1) is 12.0. The summed E-state index contributed by atoms with van der Waals surface area (Å²) in [7, 11) is 0. The number of rotatable bonds is 5. The molecule has 0 spiro atoms. The summed E-state index contributed by atoms with van der Waals surface area (Å²) in [6.07, 6.45) is 2.44. The molecule has 1 aliphatic rings. The molecule has 2 unspecified atom stereocenters. The molecule has 2 heteroatoms. The topological polar surface area (TPSA) is 12.0 Å². The quantitative estimate of drug-likeness (QED) is 0.836. The van der Waals surface area contributed by atoms with E-state index in [2.05, 4.69) is 43.4 Å². The Labute approximate surface area is 103 Å². The van der Waals surface area contributed by atoms with Gasteiger partial charge in [-0.05, 0) is 31.0 Å². The van der Waals surface area contributed by atoms with Gasteiger partial charge in [-0.3, -0.25) is 0 Å². The van der Waals surface area contributed by atoms with Crippen molar-refractivity contribution in [3.63, 3.8) is 0 Å². The highest BCUT2D eigenvalue weighted by molar-refractivity contribution is 7.99. The van der Waals surface area contributed by atoms with Gasteiger partial charge in [-0.25, -0.2) is 0 Å². The average molecular weight is 235 g/mol. The van der Waals surface area contributed by atoms with E-state index in [0.717, 1.165) is 6.54 Å². The van der Waals surface area contributed by atoms with Crippen molar-refractivity contribution < 1.29 is 0 Å². The van der Waals surface area contributed by atoms with Crippen LogP contribution in [0.1, 0.15) is 38.2 Å². The number of hydrogen-bond donors (Lipinski definition) is 1. The van der Waals surface area contributed by atoms with Gasteiger partial charge in [-0.2, -0.15) is 0 Å². The fourth-order valence-electron chi connectivity index (χ4n) is 2.42. The van der Waals surface area contributed by atoms with Gasteiger partial charge in [-0.15, -0.1) is 11.8 Å². The Morgan fingerprint density at radius 3 is 2.94 bits per heavy atom. The highest BCUT2D eigenvalue weighted by atomic mass is 32.2. The van der Waals surface area contributed by atoms with Crippen molar-refractivity contribution in [1.82, 2.24) is 5.32 Å². The highest BCUT2D eigenvalue weighted by Gasteiger charge is 2.28. The van der Waals surface area contributed by atoms with E-state index in [1.54, 1.807) is 5.56 Å². The second-order valence-electron chi connectivity index (χ2n) is 4.42. The summed E-state index contributed by atoms with van der Waals surface area (Å²) in [4.78, 5) is 1.49. The van der Waals surface area contributed by atoms with Crippen LogP contribution in [0.2, 0.25) is 0 Å². The van der Waals surface area contributed by atoms with Crippen LogP contribution in [0, 0.1) is 0 Å². The van der Waals surface area contributed by atoms with Gasteiger partial charge in [0.05, 0.1) is 0 Å². The molecule has 1 aromatic rings. The maximum atomic E-state index is 3.69. The van der Waals surface area contributed by atoms with Gasteiger partial charge in [0.2, 0.25) is 0 Å². The van der Waals surface area contributed by atoms with Crippen LogP contribution in [0.4, 0.5) is 0 Å². The lowest BCUT2D eigenvalue weighted by Gasteiger charge is -2.23. The van der Waals surface area contributed by atoms with E-state index in [-0.39, 0.29) is 0 Å². The van der Waals surface area contributed by atoms with E-state index < -0.39 is 0 Å². The predicted octanol–water partition coefficient (Wildman–Crippen LogP) is 3.65. The van der Waals surface area contributed by atoms with E-state index in [1.165, 1.54) is 23.5 Å². The van der Waals surface area contributed by atoms with Gasteiger partial charge < -0.3 is 5.32 Å². The molecule has 2 atom stereocenters. The molecule has 0 aromatic heterocycles. The summed E-state index contributed by atoms with van der Waals surface area (Å²) in [5.41, 5.74) is 1.56.